The van der Waals surface area contributed by atoms with Crippen LogP contribution in [0.1, 0.15) is 85.0 Å². The minimum Gasteiger partial charge on any atom is -0.394 e. The minimum absolute atomic E-state index is 0.0243. The second-order valence-electron chi connectivity index (χ2n) is 25.8. The van der Waals surface area contributed by atoms with E-state index in [9.17, 15) is 93.8 Å². The third-order valence-corrected chi connectivity index (χ3v) is 17.8. The highest BCUT2D eigenvalue weighted by Crippen LogP contribution is 2.42. The predicted octanol–water partition coefficient (Wildman–Crippen LogP) is -8.00. The fourth-order valence-electron chi connectivity index (χ4n) is 11.0. The van der Waals surface area contributed by atoms with Crippen molar-refractivity contribution in [3.8, 4) is 0 Å². The summed E-state index contributed by atoms with van der Waals surface area (Å²) < 4.78 is 104. The summed E-state index contributed by atoms with van der Waals surface area (Å²) >= 11 is 0. The molecule has 3 aliphatic heterocycles. The van der Waals surface area contributed by atoms with Gasteiger partial charge in [-0.25, -0.2) is 4.57 Å². The summed E-state index contributed by atoms with van der Waals surface area (Å²) in [6.07, 6.45) is -12.1. The molecule has 3 rings (SSSR count). The number of rotatable bonds is 65. The highest BCUT2D eigenvalue weighted by atomic mass is 31.2. The Morgan fingerprint density at radius 2 is 0.670 bits per heavy atom. The summed E-state index contributed by atoms with van der Waals surface area (Å²) in [4.78, 5) is 111. The van der Waals surface area contributed by atoms with E-state index in [2.05, 4.69) is 47.1 Å². The van der Waals surface area contributed by atoms with Crippen LogP contribution in [0.4, 0.5) is 0 Å². The van der Waals surface area contributed by atoms with Crippen LogP contribution in [-0.4, -0.2) is 394 Å². The number of ether oxygens (including phenoxy) is 15. The molecule has 0 aromatic rings. The first-order chi connectivity index (χ1) is 53.8. The van der Waals surface area contributed by atoms with Gasteiger partial charge in [0.05, 0.1) is 145 Å². The first-order valence-corrected chi connectivity index (χ1v) is 38.9. The number of aliphatic hydroxyl groups is 9. The first-order valence-electron chi connectivity index (χ1n) is 37.4. The van der Waals surface area contributed by atoms with Crippen molar-refractivity contribution >= 4 is 55.1 Å². The third-order valence-electron chi connectivity index (χ3n) is 16.8. The van der Waals surface area contributed by atoms with E-state index in [-0.39, 0.29) is 171 Å². The predicted molar refractivity (Wildman–Crippen MR) is 383 cm³/mol. The first kappa shape index (κ1) is 101. The standard InChI is InChI=1S/C67H123N8O36P/c1-43(79)71-54-60(88)57(85)48(37-76)109-65(54)105-34-31-99-22-19-96-25-28-102-40-51(82)68-15-10-7-13-46(63(91)70-17-9-5-6-12-18-108-112(93,94)95-4)75-64(92)47(74-53(84)42-104-30-27-98-21-24-101-33-36-107-67-56(73-45(3)81)62(90)59(87)50(39-78)111-67)14-8-11-16-69-52(83)41-103-29-26-97-20-23-100-32-35-106-66-55(72-44(2)80)61(89)58(86)49(38-77)110-66/h46-50,54-62,65-67,76-78,85-90H,5-42H2,1-4H3,(H,68,82)(H,69,83)(H,70,91)(H,71,79)(H,72,80)(H,73,81)(H,74,84)(H,75,92)(H,93,94)/t46-,47-,48+,49+,50+,54+,55+,56+,57-,58-,59-,60+,61+,62+,65+,66+,67+/m0/s1. The maximum absolute atomic E-state index is 14.2. The van der Waals surface area contributed by atoms with Crippen LogP contribution in [0.2, 0.25) is 0 Å². The molecule has 0 saturated carbocycles. The largest absolute Gasteiger partial charge is 0.471 e. The number of aliphatic hydroxyl groups excluding tert-OH is 9. The summed E-state index contributed by atoms with van der Waals surface area (Å²) in [6, 6.07) is -5.63. The van der Waals surface area contributed by atoms with Crippen molar-refractivity contribution in [1.82, 2.24) is 42.5 Å². The van der Waals surface area contributed by atoms with Crippen LogP contribution in [-0.2, 0) is 123 Å². The second-order valence-corrected chi connectivity index (χ2v) is 27.4. The molecule has 1 unspecified atom stereocenters. The zero-order chi connectivity index (χ0) is 82.5. The molecule has 3 saturated heterocycles. The molecule has 18 N–H and O–H groups in total. The van der Waals surface area contributed by atoms with E-state index in [1.54, 1.807) is 0 Å². The summed E-state index contributed by atoms with van der Waals surface area (Å²) in [5.41, 5.74) is 0. The Morgan fingerprint density at radius 1 is 0.366 bits per heavy atom. The van der Waals surface area contributed by atoms with Gasteiger partial charge in [0, 0.05) is 47.5 Å². The lowest BCUT2D eigenvalue weighted by atomic mass is 9.97. The number of hydrogen-bond donors (Lipinski definition) is 18. The maximum atomic E-state index is 14.2. The van der Waals surface area contributed by atoms with Crippen molar-refractivity contribution in [1.29, 1.82) is 0 Å². The molecule has 652 valence electrons. The topological polar surface area (TPSA) is 609 Å². The zero-order valence-electron chi connectivity index (χ0n) is 64.2. The van der Waals surface area contributed by atoms with Gasteiger partial charge in [-0.05, 0) is 51.4 Å². The number of hydrogen-bond acceptors (Lipinski definition) is 35. The molecule has 3 fully saturated rings. The van der Waals surface area contributed by atoms with Crippen molar-refractivity contribution in [2.45, 2.75) is 189 Å². The van der Waals surface area contributed by atoms with Crippen molar-refractivity contribution in [3.63, 3.8) is 0 Å². The van der Waals surface area contributed by atoms with Crippen molar-refractivity contribution in [2.75, 3.05) is 192 Å². The van der Waals surface area contributed by atoms with E-state index in [1.165, 1.54) is 20.8 Å². The molecule has 0 bridgehead atoms. The smallest absolute Gasteiger partial charge is 0.394 e. The van der Waals surface area contributed by atoms with Gasteiger partial charge in [0.25, 0.3) is 0 Å². The molecule has 0 aliphatic carbocycles. The quantitative estimate of drug-likeness (QED) is 0.0199. The summed E-state index contributed by atoms with van der Waals surface area (Å²) in [5.74, 6) is -4.27. The normalized spacial score (nSPS) is 24.9. The number of amides is 8. The highest BCUT2D eigenvalue weighted by Gasteiger charge is 2.48. The average molecular weight is 1650 g/mol. The lowest BCUT2D eigenvalue weighted by Gasteiger charge is -2.42. The van der Waals surface area contributed by atoms with E-state index in [0.29, 0.717) is 51.4 Å². The molecule has 45 heteroatoms. The van der Waals surface area contributed by atoms with Gasteiger partial charge >= 0.3 is 7.82 Å². The van der Waals surface area contributed by atoms with Crippen molar-refractivity contribution in [2.24, 2.45) is 0 Å². The van der Waals surface area contributed by atoms with Crippen LogP contribution in [0.3, 0.4) is 0 Å². The van der Waals surface area contributed by atoms with Crippen LogP contribution >= 0.6 is 7.82 Å². The summed E-state index contributed by atoms with van der Waals surface area (Å²) in [6.45, 7) is 2.54. The Hall–Kier alpha value is -5.09. The lowest BCUT2D eigenvalue weighted by Crippen LogP contribution is -2.64. The Balaban J connectivity index is 1.49. The molecule has 8 amide bonds. The minimum atomic E-state index is -4.14. The summed E-state index contributed by atoms with van der Waals surface area (Å²) in [7, 11) is -3.09. The summed E-state index contributed by atoms with van der Waals surface area (Å²) in [5, 5.41) is 112. The number of phosphoric acid groups is 1. The average Bonchev–Trinajstić information content (AvgIpc) is 0.821. The number of nitrogens with one attached hydrogen (secondary N) is 8. The van der Waals surface area contributed by atoms with Crippen LogP contribution in [0.15, 0.2) is 0 Å². The molecular weight excluding hydrogens is 1520 g/mol. The van der Waals surface area contributed by atoms with Gasteiger partial charge in [-0.3, -0.25) is 47.4 Å². The molecule has 0 aromatic heterocycles. The van der Waals surface area contributed by atoms with Crippen molar-refractivity contribution in [3.05, 3.63) is 0 Å². The van der Waals surface area contributed by atoms with Crippen LogP contribution in [0.25, 0.3) is 0 Å². The second kappa shape index (κ2) is 60.4. The van der Waals surface area contributed by atoms with Crippen LogP contribution in [0.5, 0.6) is 0 Å². The maximum Gasteiger partial charge on any atom is 0.471 e. The molecule has 3 aliphatic rings. The number of phosphoric ester groups is 1. The SMILES string of the molecule is COP(=O)(O)OCCCCCCNC(=O)[C@H](CCCCNC(=O)COCCOCCOCCO[C@@H]1O[C@H](CO)[C@H](O)[C@H](O)[C@H]1NC(C)=O)NC(=O)[C@H](CCCCNC(=O)COCCOCCOCCO[C@@H]1O[C@H](CO)[C@H](O)[C@H](O)[C@H]1NC(C)=O)NC(=O)COCCOCCOCCO[C@@H]1O[C@H](CO)[C@H](O)[C@H](O)[C@H]1NC(C)=O. The fraction of sp³-hybridized carbons (Fsp3) is 0.881. The Kier molecular flexibility index (Phi) is 54.5. The van der Waals surface area contributed by atoms with Gasteiger partial charge in [0.15, 0.2) is 18.9 Å². The zero-order valence-corrected chi connectivity index (χ0v) is 65.1. The van der Waals surface area contributed by atoms with Crippen LogP contribution < -0.4 is 42.5 Å². The van der Waals surface area contributed by atoms with Gasteiger partial charge < -0.3 is 164 Å². The highest BCUT2D eigenvalue weighted by molar-refractivity contribution is 7.47. The monoisotopic (exact) mass is 1650 g/mol. The Bertz CT molecular complexity index is 2660. The van der Waals surface area contributed by atoms with E-state index >= 15 is 0 Å². The Labute approximate surface area is 650 Å². The van der Waals surface area contributed by atoms with Gasteiger partial charge in [0.2, 0.25) is 47.3 Å². The molecule has 18 atom stereocenters. The molecule has 112 heavy (non-hydrogen) atoms. The number of carbonyl (C=O) groups excluding carboxylic acids is 8. The third kappa shape index (κ3) is 43.2. The fourth-order valence-corrected chi connectivity index (χ4v) is 11.5. The lowest BCUT2D eigenvalue weighted by molar-refractivity contribution is -0.272. The van der Waals surface area contributed by atoms with Gasteiger partial charge in [-0.1, -0.05) is 12.8 Å². The van der Waals surface area contributed by atoms with Gasteiger partial charge in [0.1, 0.15) is 105 Å². The molecule has 0 aromatic carbocycles. The Morgan fingerprint density at radius 3 is 1.01 bits per heavy atom. The van der Waals surface area contributed by atoms with Crippen LogP contribution in [0, 0.1) is 0 Å². The van der Waals surface area contributed by atoms with E-state index in [0.717, 1.165) is 7.11 Å². The molecule has 44 nitrogen and oxygen atoms in total. The van der Waals surface area contributed by atoms with Gasteiger partial charge in [-0.2, -0.15) is 0 Å². The van der Waals surface area contributed by atoms with Crippen molar-refractivity contribution < 1.29 is 174 Å². The van der Waals surface area contributed by atoms with E-state index < -0.39 is 186 Å². The van der Waals surface area contributed by atoms with Gasteiger partial charge in [-0.15, -0.1) is 0 Å². The molecular formula is C67H123N8O36P. The van der Waals surface area contributed by atoms with E-state index in [1.807, 2.05) is 0 Å². The molecule has 0 radical (unpaired) electrons. The molecule has 0 spiro atoms. The van der Waals surface area contributed by atoms with E-state index in [4.69, 9.17) is 75.6 Å². The molecule has 3 heterocycles. The number of unbranched alkanes of at least 4 members (excludes halogenated alkanes) is 5. The number of carbonyl (C=O) groups is 8.